The highest BCUT2D eigenvalue weighted by atomic mass is 16.7. The predicted molar refractivity (Wildman–Crippen MR) is 90.4 cm³/mol. The number of rotatable bonds is 5. The topological polar surface area (TPSA) is 60.0 Å². The SMILES string of the molecule is O=C(NCC1CC1)[C@@H]1C[C@@H]2[C@@H](CCN2Cc2ccc3c(c2)OCO3)O1. The van der Waals surface area contributed by atoms with Gasteiger partial charge in [-0.3, -0.25) is 9.69 Å². The maximum Gasteiger partial charge on any atom is 0.249 e. The minimum absolute atomic E-state index is 0.0735. The third kappa shape index (κ3) is 3.09. The molecule has 3 heterocycles. The van der Waals surface area contributed by atoms with Crippen molar-refractivity contribution >= 4 is 5.91 Å². The van der Waals surface area contributed by atoms with Crippen molar-refractivity contribution in [1.82, 2.24) is 10.2 Å². The van der Waals surface area contributed by atoms with Gasteiger partial charge < -0.3 is 19.5 Å². The lowest BCUT2D eigenvalue weighted by Gasteiger charge is -2.22. The molecule has 0 radical (unpaired) electrons. The van der Waals surface area contributed by atoms with E-state index >= 15 is 0 Å². The van der Waals surface area contributed by atoms with E-state index in [2.05, 4.69) is 22.3 Å². The maximum atomic E-state index is 12.3. The number of hydrogen-bond acceptors (Lipinski definition) is 5. The van der Waals surface area contributed by atoms with Crippen molar-refractivity contribution in [3.05, 3.63) is 23.8 Å². The van der Waals surface area contributed by atoms with Crippen molar-refractivity contribution in [2.75, 3.05) is 19.9 Å². The van der Waals surface area contributed by atoms with Gasteiger partial charge in [-0.2, -0.15) is 0 Å². The van der Waals surface area contributed by atoms with Crippen molar-refractivity contribution in [1.29, 1.82) is 0 Å². The molecular formula is C19H24N2O4. The molecule has 1 aromatic carbocycles. The van der Waals surface area contributed by atoms with Crippen LogP contribution in [0.3, 0.4) is 0 Å². The number of likely N-dealkylation sites (tertiary alicyclic amines) is 1. The van der Waals surface area contributed by atoms with Gasteiger partial charge in [0.2, 0.25) is 12.7 Å². The zero-order valence-corrected chi connectivity index (χ0v) is 14.3. The van der Waals surface area contributed by atoms with Crippen LogP contribution in [0.1, 0.15) is 31.2 Å². The monoisotopic (exact) mass is 344 g/mol. The predicted octanol–water partition coefficient (Wildman–Crippen LogP) is 1.67. The first-order chi connectivity index (χ1) is 12.3. The summed E-state index contributed by atoms with van der Waals surface area (Å²) in [6.45, 7) is 2.99. The van der Waals surface area contributed by atoms with E-state index in [1.54, 1.807) is 0 Å². The van der Waals surface area contributed by atoms with Gasteiger partial charge in [0.15, 0.2) is 11.5 Å². The Kier molecular flexibility index (Phi) is 3.82. The molecule has 2 saturated heterocycles. The number of ether oxygens (including phenoxy) is 3. The number of nitrogens with one attached hydrogen (secondary N) is 1. The second-order valence-electron chi connectivity index (χ2n) is 7.60. The average Bonchev–Trinajstić information content (AvgIpc) is 3.02. The van der Waals surface area contributed by atoms with E-state index in [1.807, 2.05) is 6.07 Å². The van der Waals surface area contributed by atoms with Crippen LogP contribution in [0.5, 0.6) is 11.5 Å². The highest BCUT2D eigenvalue weighted by molar-refractivity contribution is 5.81. The van der Waals surface area contributed by atoms with Gasteiger partial charge in [-0.05, 0) is 42.9 Å². The molecule has 0 spiro atoms. The summed E-state index contributed by atoms with van der Waals surface area (Å²) >= 11 is 0. The summed E-state index contributed by atoms with van der Waals surface area (Å²) in [7, 11) is 0. The summed E-state index contributed by atoms with van der Waals surface area (Å²) < 4.78 is 16.9. The number of carbonyl (C=O) groups excluding carboxylic acids is 1. The molecule has 5 rings (SSSR count). The van der Waals surface area contributed by atoms with Gasteiger partial charge in [0, 0.05) is 32.1 Å². The molecular weight excluding hydrogens is 320 g/mol. The normalized spacial score (nSPS) is 30.5. The van der Waals surface area contributed by atoms with Gasteiger partial charge in [0.1, 0.15) is 6.10 Å². The Morgan fingerprint density at radius 3 is 2.96 bits per heavy atom. The zero-order chi connectivity index (χ0) is 16.8. The molecule has 6 nitrogen and oxygen atoms in total. The van der Waals surface area contributed by atoms with Crippen molar-refractivity contribution in [3.63, 3.8) is 0 Å². The number of benzene rings is 1. The van der Waals surface area contributed by atoms with Crippen LogP contribution in [0.25, 0.3) is 0 Å². The summed E-state index contributed by atoms with van der Waals surface area (Å²) in [6.07, 6.45) is 4.20. The molecule has 4 aliphatic rings. The Bertz CT molecular complexity index is 675. The Morgan fingerprint density at radius 2 is 2.08 bits per heavy atom. The molecule has 0 bridgehead atoms. The van der Waals surface area contributed by atoms with Crippen LogP contribution in [0.15, 0.2) is 18.2 Å². The Morgan fingerprint density at radius 1 is 1.20 bits per heavy atom. The average molecular weight is 344 g/mol. The van der Waals surface area contributed by atoms with Crippen LogP contribution in [0, 0.1) is 5.92 Å². The molecule has 1 aliphatic carbocycles. The van der Waals surface area contributed by atoms with Crippen LogP contribution >= 0.6 is 0 Å². The molecule has 3 fully saturated rings. The highest BCUT2D eigenvalue weighted by Crippen LogP contribution is 2.36. The molecule has 25 heavy (non-hydrogen) atoms. The van der Waals surface area contributed by atoms with Gasteiger partial charge in [-0.15, -0.1) is 0 Å². The van der Waals surface area contributed by atoms with Crippen molar-refractivity contribution in [2.24, 2.45) is 5.92 Å². The van der Waals surface area contributed by atoms with Crippen LogP contribution in [-0.4, -0.2) is 48.9 Å². The number of nitrogens with zero attached hydrogens (tertiary/aromatic N) is 1. The largest absolute Gasteiger partial charge is 0.454 e. The fourth-order valence-electron chi connectivity index (χ4n) is 4.15. The highest BCUT2D eigenvalue weighted by Gasteiger charge is 2.45. The number of carbonyl (C=O) groups is 1. The summed E-state index contributed by atoms with van der Waals surface area (Å²) in [5.41, 5.74) is 1.21. The maximum absolute atomic E-state index is 12.3. The molecule has 1 N–H and O–H groups in total. The minimum atomic E-state index is -0.284. The second-order valence-corrected chi connectivity index (χ2v) is 7.60. The van der Waals surface area contributed by atoms with Gasteiger partial charge in [0.05, 0.1) is 6.10 Å². The third-order valence-electron chi connectivity index (χ3n) is 5.77. The first-order valence-electron chi connectivity index (χ1n) is 9.32. The lowest BCUT2D eigenvalue weighted by atomic mass is 10.1. The van der Waals surface area contributed by atoms with E-state index in [1.165, 1.54) is 18.4 Å². The van der Waals surface area contributed by atoms with Crippen LogP contribution < -0.4 is 14.8 Å². The van der Waals surface area contributed by atoms with Crippen LogP contribution in [-0.2, 0) is 16.1 Å². The van der Waals surface area contributed by atoms with Crippen molar-refractivity contribution in [3.8, 4) is 11.5 Å². The third-order valence-corrected chi connectivity index (χ3v) is 5.77. The smallest absolute Gasteiger partial charge is 0.249 e. The van der Waals surface area contributed by atoms with Gasteiger partial charge in [0.25, 0.3) is 0 Å². The molecule has 0 unspecified atom stereocenters. The summed E-state index contributed by atoms with van der Waals surface area (Å²) in [5.74, 6) is 2.42. The molecule has 134 valence electrons. The number of hydrogen-bond donors (Lipinski definition) is 1. The standard InChI is InChI=1S/C19H24N2O4/c22-19(20-9-12-1-2-12)18-8-14-15(25-18)5-6-21(14)10-13-3-4-16-17(7-13)24-11-23-16/h3-4,7,12,14-15,18H,1-2,5-6,8-11H2,(H,20,22)/t14-,15-,18+/m1/s1. The first kappa shape index (κ1) is 15.5. The number of amides is 1. The Labute approximate surface area is 147 Å². The van der Waals surface area contributed by atoms with Crippen LogP contribution in [0.2, 0.25) is 0 Å². The van der Waals surface area contributed by atoms with E-state index < -0.39 is 0 Å². The molecule has 1 aromatic rings. The molecule has 3 aliphatic heterocycles. The first-order valence-corrected chi connectivity index (χ1v) is 9.32. The van der Waals surface area contributed by atoms with E-state index in [4.69, 9.17) is 14.2 Å². The van der Waals surface area contributed by atoms with E-state index in [-0.39, 0.29) is 18.1 Å². The molecule has 1 amide bonds. The molecule has 1 saturated carbocycles. The van der Waals surface area contributed by atoms with Crippen molar-refractivity contribution < 1.29 is 19.0 Å². The van der Waals surface area contributed by atoms with Gasteiger partial charge >= 0.3 is 0 Å². The fraction of sp³-hybridized carbons (Fsp3) is 0.632. The summed E-state index contributed by atoms with van der Waals surface area (Å²) in [5, 5.41) is 3.06. The second kappa shape index (κ2) is 6.18. The quantitative estimate of drug-likeness (QED) is 0.881. The lowest BCUT2D eigenvalue weighted by molar-refractivity contribution is -0.132. The van der Waals surface area contributed by atoms with Gasteiger partial charge in [-0.25, -0.2) is 0 Å². The zero-order valence-electron chi connectivity index (χ0n) is 14.3. The van der Waals surface area contributed by atoms with Gasteiger partial charge in [-0.1, -0.05) is 6.07 Å². The summed E-state index contributed by atoms with van der Waals surface area (Å²) in [4.78, 5) is 14.8. The van der Waals surface area contributed by atoms with E-state index in [9.17, 15) is 4.79 Å². The lowest BCUT2D eigenvalue weighted by Crippen LogP contribution is -2.37. The van der Waals surface area contributed by atoms with E-state index in [0.29, 0.717) is 18.8 Å². The van der Waals surface area contributed by atoms with Crippen molar-refractivity contribution in [2.45, 2.75) is 50.5 Å². The minimum Gasteiger partial charge on any atom is -0.454 e. The number of fused-ring (bicyclic) bond motifs is 2. The van der Waals surface area contributed by atoms with E-state index in [0.717, 1.165) is 44.0 Å². The Hall–Kier alpha value is -1.79. The molecule has 3 atom stereocenters. The summed E-state index contributed by atoms with van der Waals surface area (Å²) in [6, 6.07) is 6.47. The Balaban J connectivity index is 1.20. The fourth-order valence-corrected chi connectivity index (χ4v) is 4.15. The molecule has 6 heteroatoms. The molecule has 0 aromatic heterocycles. The van der Waals surface area contributed by atoms with Crippen LogP contribution in [0.4, 0.5) is 0 Å².